The molecule has 0 aromatic heterocycles. The number of rotatable bonds is 7. The van der Waals surface area contributed by atoms with Crippen molar-refractivity contribution in [3.05, 3.63) is 71.0 Å². The highest BCUT2D eigenvalue weighted by molar-refractivity contribution is 5.94. The maximum atomic E-state index is 14.1. The largest absolute Gasteiger partial charge is 0.338 e. The normalized spacial score (nSPS) is 23.1. The number of likely N-dealkylation sites (tertiary alicyclic amines) is 1. The third-order valence-electron chi connectivity index (χ3n) is 7.98. The lowest BCUT2D eigenvalue weighted by molar-refractivity contribution is 0.122. The zero-order chi connectivity index (χ0) is 25.9. The molecule has 1 aliphatic carbocycles. The fraction of sp³-hybridized carbons (Fsp3) is 0.500. The number of nitrogens with zero attached hydrogens (tertiary/aromatic N) is 2. The highest BCUT2D eigenvalue weighted by Crippen LogP contribution is 2.46. The molecule has 0 spiro atoms. The molecule has 0 bridgehead atoms. The average molecular weight is 515 g/mol. The summed E-state index contributed by atoms with van der Waals surface area (Å²) in [6, 6.07) is 8.69. The molecule has 9 heteroatoms. The second-order valence-electron chi connectivity index (χ2n) is 10.4. The molecule has 2 N–H and O–H groups in total. The van der Waals surface area contributed by atoms with E-state index in [1.807, 2.05) is 12.1 Å². The number of hydrogen-bond donors (Lipinski definition) is 2. The molecule has 2 aliphatic heterocycles. The van der Waals surface area contributed by atoms with Gasteiger partial charge in [-0.1, -0.05) is 18.2 Å². The Hall–Kier alpha value is -3.07. The number of amides is 4. The number of hydrogen-bond acceptors (Lipinski definition) is 3. The van der Waals surface area contributed by atoms with Crippen LogP contribution in [0.3, 0.4) is 0 Å². The molecule has 3 aliphatic rings. The molecule has 2 aromatic carbocycles. The first-order chi connectivity index (χ1) is 17.9. The Morgan fingerprint density at radius 3 is 2.32 bits per heavy atom. The van der Waals surface area contributed by atoms with Crippen LogP contribution in [0.25, 0.3) is 0 Å². The summed E-state index contributed by atoms with van der Waals surface area (Å²) < 4.78 is 40.8. The Bertz CT molecular complexity index is 1120. The number of halogens is 3. The number of urea groups is 2. The van der Waals surface area contributed by atoms with Crippen molar-refractivity contribution in [3.8, 4) is 0 Å². The third kappa shape index (κ3) is 5.92. The number of nitrogens with one attached hydrogen (secondary N) is 2. The predicted octanol–water partition coefficient (Wildman–Crippen LogP) is 5.18. The molecular formula is C28H33F3N4O2. The van der Waals surface area contributed by atoms with E-state index in [2.05, 4.69) is 15.5 Å². The van der Waals surface area contributed by atoms with Crippen molar-refractivity contribution in [1.29, 1.82) is 0 Å². The van der Waals surface area contributed by atoms with Crippen LogP contribution in [0.5, 0.6) is 0 Å². The summed E-state index contributed by atoms with van der Waals surface area (Å²) in [5, 5.41) is 5.67. The van der Waals surface area contributed by atoms with E-state index in [4.69, 9.17) is 0 Å². The monoisotopic (exact) mass is 514 g/mol. The lowest BCUT2D eigenvalue weighted by Crippen LogP contribution is -2.58. The molecule has 1 saturated carbocycles. The van der Waals surface area contributed by atoms with Crippen LogP contribution in [-0.4, -0.2) is 54.6 Å². The van der Waals surface area contributed by atoms with Crippen LogP contribution < -0.4 is 10.6 Å². The van der Waals surface area contributed by atoms with E-state index in [0.29, 0.717) is 30.5 Å². The highest BCUT2D eigenvalue weighted by Gasteiger charge is 2.46. The van der Waals surface area contributed by atoms with Gasteiger partial charge in [0.2, 0.25) is 0 Å². The summed E-state index contributed by atoms with van der Waals surface area (Å²) in [6.07, 6.45) is 4.72. The molecule has 4 amide bonds. The van der Waals surface area contributed by atoms with E-state index in [-0.39, 0.29) is 11.7 Å². The molecule has 2 unspecified atom stereocenters. The standard InChI is InChI=1S/C28H33F3N4O2/c29-22-7-4-18(5-8-22)19-10-14-34(15-11-19)13-1-12-32-27(36)35-26(21-6-9-24(30)25(31)16-21)23(20-2-3-20)17-33-28(35)37/h4-9,16,19-20,23,26H,1-3,10-15,17H2,(H,32,36)(H,33,37). The Balaban J connectivity index is 1.14. The van der Waals surface area contributed by atoms with Crippen LogP contribution in [0.15, 0.2) is 42.5 Å². The first-order valence-electron chi connectivity index (χ1n) is 13.2. The van der Waals surface area contributed by atoms with Crippen LogP contribution in [0.2, 0.25) is 0 Å². The minimum atomic E-state index is -0.985. The van der Waals surface area contributed by atoms with Crippen molar-refractivity contribution in [1.82, 2.24) is 20.4 Å². The minimum absolute atomic E-state index is 0.0456. The highest BCUT2D eigenvalue weighted by atomic mass is 19.2. The molecule has 2 saturated heterocycles. The molecule has 5 rings (SSSR count). The molecule has 2 atom stereocenters. The van der Waals surface area contributed by atoms with E-state index in [1.54, 1.807) is 0 Å². The van der Waals surface area contributed by atoms with E-state index in [0.717, 1.165) is 68.8 Å². The van der Waals surface area contributed by atoms with Crippen LogP contribution in [0.1, 0.15) is 55.2 Å². The quantitative estimate of drug-likeness (QED) is 0.501. The van der Waals surface area contributed by atoms with Gasteiger partial charge >= 0.3 is 12.1 Å². The second-order valence-corrected chi connectivity index (χ2v) is 10.4. The number of piperidine rings is 1. The van der Waals surface area contributed by atoms with Crippen LogP contribution in [0.4, 0.5) is 22.8 Å². The molecule has 2 aromatic rings. The van der Waals surface area contributed by atoms with Crippen molar-refractivity contribution < 1.29 is 22.8 Å². The van der Waals surface area contributed by atoms with Gasteiger partial charge in [0.15, 0.2) is 11.6 Å². The average Bonchev–Trinajstić information content (AvgIpc) is 3.74. The molecule has 0 radical (unpaired) electrons. The zero-order valence-corrected chi connectivity index (χ0v) is 20.8. The van der Waals surface area contributed by atoms with Crippen LogP contribution in [0, 0.1) is 29.3 Å². The summed E-state index contributed by atoms with van der Waals surface area (Å²) in [5.74, 6) is -1.43. The number of benzene rings is 2. The molecule has 198 valence electrons. The molecule has 3 fully saturated rings. The SMILES string of the molecule is O=C(NCCCN1CCC(c2ccc(F)cc2)CC1)N1C(=O)NCC(C2CC2)C1c1ccc(F)c(F)c1. The predicted molar refractivity (Wildman–Crippen MR) is 133 cm³/mol. The van der Waals surface area contributed by atoms with E-state index >= 15 is 0 Å². The zero-order valence-electron chi connectivity index (χ0n) is 20.8. The van der Waals surface area contributed by atoms with Gasteiger partial charge in [-0.05, 0) is 99.0 Å². The van der Waals surface area contributed by atoms with Crippen LogP contribution in [-0.2, 0) is 0 Å². The Labute approximate surface area is 215 Å². The fourth-order valence-corrected chi connectivity index (χ4v) is 5.79. The first-order valence-corrected chi connectivity index (χ1v) is 13.2. The maximum Gasteiger partial charge on any atom is 0.326 e. The van der Waals surface area contributed by atoms with Gasteiger partial charge in [-0.2, -0.15) is 0 Å². The smallest absolute Gasteiger partial charge is 0.326 e. The van der Waals surface area contributed by atoms with Gasteiger partial charge in [0, 0.05) is 19.0 Å². The molecular weight excluding hydrogens is 481 g/mol. The summed E-state index contributed by atoms with van der Waals surface area (Å²) in [4.78, 5) is 29.4. The summed E-state index contributed by atoms with van der Waals surface area (Å²) >= 11 is 0. The summed E-state index contributed by atoms with van der Waals surface area (Å²) in [5.41, 5.74) is 1.61. The maximum absolute atomic E-state index is 14.1. The molecule has 37 heavy (non-hydrogen) atoms. The number of imide groups is 1. The molecule has 6 nitrogen and oxygen atoms in total. The van der Waals surface area contributed by atoms with Crippen LogP contribution >= 0.6 is 0 Å². The van der Waals surface area contributed by atoms with Crippen molar-refractivity contribution in [2.75, 3.05) is 32.7 Å². The van der Waals surface area contributed by atoms with Crippen molar-refractivity contribution in [2.45, 2.75) is 44.1 Å². The van der Waals surface area contributed by atoms with Crippen molar-refractivity contribution >= 4 is 12.1 Å². The number of carbonyl (C=O) groups is 2. The van der Waals surface area contributed by atoms with Crippen molar-refractivity contribution in [3.63, 3.8) is 0 Å². The summed E-state index contributed by atoms with van der Waals surface area (Å²) in [7, 11) is 0. The Morgan fingerprint density at radius 2 is 1.65 bits per heavy atom. The van der Waals surface area contributed by atoms with Gasteiger partial charge in [0.05, 0.1) is 6.04 Å². The van der Waals surface area contributed by atoms with Gasteiger partial charge in [0.1, 0.15) is 5.82 Å². The topological polar surface area (TPSA) is 64.7 Å². The lowest BCUT2D eigenvalue weighted by Gasteiger charge is -2.40. The number of carbonyl (C=O) groups excluding carboxylic acids is 2. The van der Waals surface area contributed by atoms with Gasteiger partial charge in [-0.3, -0.25) is 0 Å². The summed E-state index contributed by atoms with van der Waals surface area (Å²) in [6.45, 7) is 3.50. The second kappa shape index (κ2) is 11.1. The fourth-order valence-electron chi connectivity index (χ4n) is 5.79. The van der Waals surface area contributed by atoms with Gasteiger partial charge in [-0.25, -0.2) is 27.7 Å². The lowest BCUT2D eigenvalue weighted by atomic mass is 9.86. The molecule has 2 heterocycles. The third-order valence-corrected chi connectivity index (χ3v) is 7.98. The first kappa shape index (κ1) is 25.6. The van der Waals surface area contributed by atoms with Gasteiger partial charge in [0.25, 0.3) is 0 Å². The van der Waals surface area contributed by atoms with Crippen molar-refractivity contribution in [2.24, 2.45) is 11.8 Å². The van der Waals surface area contributed by atoms with E-state index in [1.165, 1.54) is 23.8 Å². The minimum Gasteiger partial charge on any atom is -0.338 e. The Morgan fingerprint density at radius 1 is 0.946 bits per heavy atom. The Kier molecular flexibility index (Phi) is 7.69. The van der Waals surface area contributed by atoms with E-state index < -0.39 is 29.7 Å². The van der Waals surface area contributed by atoms with E-state index in [9.17, 15) is 22.8 Å². The van der Waals surface area contributed by atoms with Gasteiger partial charge in [-0.15, -0.1) is 0 Å². The van der Waals surface area contributed by atoms with Gasteiger partial charge < -0.3 is 15.5 Å².